The van der Waals surface area contributed by atoms with Crippen LogP contribution in [0.1, 0.15) is 38.5 Å². The lowest BCUT2D eigenvalue weighted by atomic mass is 9.89. The summed E-state index contributed by atoms with van der Waals surface area (Å²) in [5, 5.41) is 10.3. The summed E-state index contributed by atoms with van der Waals surface area (Å²) in [5.74, 6) is 0.0369. The molecule has 0 aliphatic heterocycles. The first-order chi connectivity index (χ1) is 7.10. The van der Waals surface area contributed by atoms with Gasteiger partial charge in [0.1, 0.15) is 5.84 Å². The van der Waals surface area contributed by atoms with E-state index in [9.17, 15) is 4.79 Å². The van der Waals surface area contributed by atoms with Gasteiger partial charge >= 0.3 is 6.09 Å². The number of amides is 1. The molecule has 0 aromatic heterocycles. The average molecular weight is 213 g/mol. The molecular formula is C10H19N3O2. The average Bonchev–Trinajstić information content (AvgIpc) is 2.44. The molecule has 1 rings (SSSR count). The zero-order valence-electron chi connectivity index (χ0n) is 9.14. The first kappa shape index (κ1) is 11.8. The summed E-state index contributed by atoms with van der Waals surface area (Å²) < 4.78 is 4.57. The van der Waals surface area contributed by atoms with E-state index in [-0.39, 0.29) is 5.84 Å². The normalized spacial score (nSPS) is 20.1. The number of rotatable bonds is 2. The van der Waals surface area contributed by atoms with Gasteiger partial charge in [0.15, 0.2) is 0 Å². The molecule has 0 atom stereocenters. The van der Waals surface area contributed by atoms with Crippen LogP contribution < -0.4 is 11.1 Å². The van der Waals surface area contributed by atoms with E-state index in [1.165, 1.54) is 7.11 Å². The summed E-state index contributed by atoms with van der Waals surface area (Å²) in [7, 11) is 1.32. The number of nitrogens with one attached hydrogen (secondary N) is 2. The van der Waals surface area contributed by atoms with Crippen molar-refractivity contribution in [1.82, 2.24) is 5.32 Å². The van der Waals surface area contributed by atoms with Crippen molar-refractivity contribution in [3.63, 3.8) is 0 Å². The van der Waals surface area contributed by atoms with Gasteiger partial charge in [-0.2, -0.15) is 0 Å². The fraction of sp³-hybridized carbons (Fsp3) is 0.800. The van der Waals surface area contributed by atoms with Crippen LogP contribution in [0.15, 0.2) is 0 Å². The molecule has 0 bridgehead atoms. The Morgan fingerprint density at radius 1 is 1.33 bits per heavy atom. The van der Waals surface area contributed by atoms with Crippen LogP contribution in [0, 0.1) is 5.41 Å². The van der Waals surface area contributed by atoms with E-state index >= 15 is 0 Å². The van der Waals surface area contributed by atoms with E-state index in [0.29, 0.717) is 0 Å². The number of alkyl carbamates (subject to hydrolysis) is 1. The van der Waals surface area contributed by atoms with E-state index in [2.05, 4.69) is 10.1 Å². The van der Waals surface area contributed by atoms with E-state index in [1.807, 2.05) is 0 Å². The molecule has 0 heterocycles. The number of hydrogen-bond acceptors (Lipinski definition) is 3. The number of carbonyl (C=O) groups excluding carboxylic acids is 1. The molecule has 4 N–H and O–H groups in total. The van der Waals surface area contributed by atoms with Crippen LogP contribution in [0.3, 0.4) is 0 Å². The van der Waals surface area contributed by atoms with Gasteiger partial charge in [0, 0.05) is 0 Å². The molecule has 0 aromatic carbocycles. The molecule has 0 spiro atoms. The number of ether oxygens (including phenoxy) is 1. The lowest BCUT2D eigenvalue weighted by Crippen LogP contribution is -2.56. The smallest absolute Gasteiger partial charge is 0.407 e. The van der Waals surface area contributed by atoms with Crippen molar-refractivity contribution in [2.24, 2.45) is 5.73 Å². The highest BCUT2D eigenvalue weighted by atomic mass is 16.5. The van der Waals surface area contributed by atoms with Crippen LogP contribution in [-0.4, -0.2) is 24.6 Å². The van der Waals surface area contributed by atoms with Gasteiger partial charge in [-0.3, -0.25) is 5.41 Å². The van der Waals surface area contributed by atoms with Gasteiger partial charge in [0.2, 0.25) is 0 Å². The monoisotopic (exact) mass is 213 g/mol. The van der Waals surface area contributed by atoms with Gasteiger partial charge < -0.3 is 15.8 Å². The number of methoxy groups -OCH3 is 1. The summed E-state index contributed by atoms with van der Waals surface area (Å²) in [5.41, 5.74) is 4.91. The van der Waals surface area contributed by atoms with E-state index in [1.54, 1.807) is 0 Å². The lowest BCUT2D eigenvalue weighted by Gasteiger charge is -2.31. The summed E-state index contributed by atoms with van der Waals surface area (Å²) in [6.45, 7) is 0. The first-order valence-electron chi connectivity index (χ1n) is 5.31. The van der Waals surface area contributed by atoms with Crippen LogP contribution in [0.5, 0.6) is 0 Å². The van der Waals surface area contributed by atoms with Gasteiger partial charge in [0.25, 0.3) is 0 Å². The van der Waals surface area contributed by atoms with Crippen molar-refractivity contribution in [3.8, 4) is 0 Å². The molecule has 1 fully saturated rings. The topological polar surface area (TPSA) is 88.2 Å². The minimum atomic E-state index is -0.677. The Morgan fingerprint density at radius 2 is 1.87 bits per heavy atom. The van der Waals surface area contributed by atoms with Crippen LogP contribution in [-0.2, 0) is 4.74 Å². The lowest BCUT2D eigenvalue weighted by molar-refractivity contribution is 0.160. The van der Waals surface area contributed by atoms with Crippen molar-refractivity contribution in [2.75, 3.05) is 7.11 Å². The number of nitrogens with two attached hydrogens (primary N) is 1. The molecule has 1 aliphatic rings. The molecule has 0 radical (unpaired) electrons. The van der Waals surface area contributed by atoms with Crippen molar-refractivity contribution in [1.29, 1.82) is 5.41 Å². The summed E-state index contributed by atoms with van der Waals surface area (Å²) in [4.78, 5) is 11.2. The SMILES string of the molecule is COC(=O)NC1(C(=N)N)CCCCCC1. The molecule has 5 nitrogen and oxygen atoms in total. The zero-order chi connectivity index (χ0) is 11.3. The predicted molar refractivity (Wildman–Crippen MR) is 57.9 cm³/mol. The van der Waals surface area contributed by atoms with Crippen LogP contribution >= 0.6 is 0 Å². The molecule has 86 valence electrons. The fourth-order valence-corrected chi connectivity index (χ4v) is 2.04. The van der Waals surface area contributed by atoms with Crippen LogP contribution in [0.4, 0.5) is 4.79 Å². The van der Waals surface area contributed by atoms with Crippen LogP contribution in [0.25, 0.3) is 0 Å². The number of carbonyl (C=O) groups is 1. The molecular weight excluding hydrogens is 194 g/mol. The molecule has 0 unspecified atom stereocenters. The van der Waals surface area contributed by atoms with Gasteiger partial charge in [0.05, 0.1) is 12.6 Å². The second-order valence-corrected chi connectivity index (χ2v) is 4.03. The number of amidine groups is 1. The van der Waals surface area contributed by atoms with E-state index in [4.69, 9.17) is 11.1 Å². The molecule has 0 aromatic rings. The Balaban J connectivity index is 2.75. The van der Waals surface area contributed by atoms with Crippen molar-refractivity contribution >= 4 is 11.9 Å². The highest BCUT2D eigenvalue weighted by molar-refractivity contribution is 5.90. The Labute approximate surface area is 89.9 Å². The summed E-state index contributed by atoms with van der Waals surface area (Å²) >= 11 is 0. The zero-order valence-corrected chi connectivity index (χ0v) is 9.14. The third-order valence-corrected chi connectivity index (χ3v) is 3.00. The van der Waals surface area contributed by atoms with Gasteiger partial charge in [-0.1, -0.05) is 25.7 Å². The van der Waals surface area contributed by atoms with Crippen LogP contribution in [0.2, 0.25) is 0 Å². The molecule has 1 aliphatic carbocycles. The fourth-order valence-electron chi connectivity index (χ4n) is 2.04. The molecule has 5 heteroatoms. The maximum atomic E-state index is 11.2. The highest BCUT2D eigenvalue weighted by Crippen LogP contribution is 2.27. The van der Waals surface area contributed by atoms with Gasteiger partial charge in [-0.25, -0.2) is 4.79 Å². The molecule has 1 saturated carbocycles. The first-order valence-corrected chi connectivity index (χ1v) is 5.31. The summed E-state index contributed by atoms with van der Waals surface area (Å²) in [6, 6.07) is 0. The third kappa shape index (κ3) is 2.84. The Morgan fingerprint density at radius 3 is 2.27 bits per heavy atom. The quantitative estimate of drug-likeness (QED) is 0.368. The second kappa shape index (κ2) is 5.00. The summed E-state index contributed by atoms with van der Waals surface area (Å²) in [6.07, 6.45) is 5.21. The Hall–Kier alpha value is -1.26. The predicted octanol–water partition coefficient (Wildman–Crippen LogP) is 1.37. The van der Waals surface area contributed by atoms with E-state index < -0.39 is 11.6 Å². The minimum Gasteiger partial charge on any atom is -0.453 e. The molecule has 15 heavy (non-hydrogen) atoms. The van der Waals surface area contributed by atoms with Crippen molar-refractivity contribution < 1.29 is 9.53 Å². The minimum absolute atomic E-state index is 0.0369. The largest absolute Gasteiger partial charge is 0.453 e. The van der Waals surface area contributed by atoms with Gasteiger partial charge in [-0.05, 0) is 12.8 Å². The standard InChI is InChI=1S/C10H19N3O2/c1-15-9(14)13-10(8(11)12)6-4-2-3-5-7-10/h2-7H2,1H3,(H3,11,12)(H,13,14). The maximum absolute atomic E-state index is 11.2. The number of hydrogen-bond donors (Lipinski definition) is 3. The molecule has 1 amide bonds. The second-order valence-electron chi connectivity index (χ2n) is 4.03. The molecule has 0 saturated heterocycles. The van der Waals surface area contributed by atoms with Crippen molar-refractivity contribution in [2.45, 2.75) is 44.1 Å². The Kier molecular flexibility index (Phi) is 3.94. The van der Waals surface area contributed by atoms with Crippen molar-refractivity contribution in [3.05, 3.63) is 0 Å². The Bertz CT molecular complexity index is 245. The van der Waals surface area contributed by atoms with Gasteiger partial charge in [-0.15, -0.1) is 0 Å². The van der Waals surface area contributed by atoms with E-state index in [0.717, 1.165) is 38.5 Å². The third-order valence-electron chi connectivity index (χ3n) is 3.00. The maximum Gasteiger partial charge on any atom is 0.407 e. The highest BCUT2D eigenvalue weighted by Gasteiger charge is 2.36.